The molecule has 0 aliphatic carbocycles. The number of rotatable bonds is 3. The Morgan fingerprint density at radius 3 is 2.39 bits per heavy atom. The van der Waals surface area contributed by atoms with Crippen LogP contribution in [0.25, 0.3) is 0 Å². The van der Waals surface area contributed by atoms with Crippen LogP contribution in [-0.2, 0) is 20.5 Å². The number of carbonyl (C=O) groups is 2. The minimum Gasteiger partial charge on any atom is -0.461 e. The maximum absolute atomic E-state index is 12.7. The molecule has 1 aromatic carbocycles. The van der Waals surface area contributed by atoms with Gasteiger partial charge in [-0.2, -0.15) is 23.3 Å². The molecule has 0 bridgehead atoms. The first-order valence-corrected chi connectivity index (χ1v) is 7.04. The lowest BCUT2D eigenvalue weighted by Gasteiger charge is -2.17. The van der Waals surface area contributed by atoms with Crippen molar-refractivity contribution in [2.45, 2.75) is 19.5 Å². The van der Waals surface area contributed by atoms with Crippen LogP contribution in [0.3, 0.4) is 0 Å². The van der Waals surface area contributed by atoms with Crippen molar-refractivity contribution in [2.75, 3.05) is 11.6 Å². The zero-order valence-electron chi connectivity index (χ0n) is 11.6. The normalized spacial score (nSPS) is 15.0. The summed E-state index contributed by atoms with van der Waals surface area (Å²) in [5, 5.41) is 3.63. The van der Waals surface area contributed by atoms with Crippen LogP contribution < -0.4 is 5.01 Å². The number of halogens is 5. The van der Waals surface area contributed by atoms with Crippen LogP contribution >= 0.6 is 23.2 Å². The monoisotopic (exact) mass is 368 g/mol. The summed E-state index contributed by atoms with van der Waals surface area (Å²) in [6.07, 6.45) is -4.99. The van der Waals surface area contributed by atoms with E-state index < -0.39 is 33.7 Å². The number of alkyl halides is 3. The van der Waals surface area contributed by atoms with Gasteiger partial charge in [-0.1, -0.05) is 23.2 Å². The zero-order chi connectivity index (χ0) is 17.4. The van der Waals surface area contributed by atoms with E-state index in [1.54, 1.807) is 6.92 Å². The Morgan fingerprint density at radius 1 is 1.35 bits per heavy atom. The van der Waals surface area contributed by atoms with E-state index in [4.69, 9.17) is 27.9 Å². The van der Waals surface area contributed by atoms with E-state index in [0.29, 0.717) is 17.1 Å². The van der Waals surface area contributed by atoms with Crippen LogP contribution in [0, 0.1) is 0 Å². The van der Waals surface area contributed by atoms with E-state index >= 15 is 0 Å². The molecule has 1 amide bonds. The lowest BCUT2D eigenvalue weighted by molar-refractivity contribution is -0.137. The summed E-state index contributed by atoms with van der Waals surface area (Å²) in [5.41, 5.74) is -1.45. The Hall–Kier alpha value is -1.80. The summed E-state index contributed by atoms with van der Waals surface area (Å²) < 4.78 is 42.8. The quantitative estimate of drug-likeness (QED) is 0.764. The molecule has 10 heteroatoms. The summed E-state index contributed by atoms with van der Waals surface area (Å²) in [6.45, 7) is 1.67. The van der Waals surface area contributed by atoms with Crippen molar-refractivity contribution in [3.8, 4) is 0 Å². The third-order valence-corrected chi connectivity index (χ3v) is 3.42. The molecule has 0 fully saturated rings. The molecule has 0 unspecified atom stereocenters. The maximum Gasteiger partial charge on any atom is 0.416 e. The average Bonchev–Trinajstić information content (AvgIpc) is 2.79. The van der Waals surface area contributed by atoms with Crippen molar-refractivity contribution < 1.29 is 27.5 Å². The fourth-order valence-electron chi connectivity index (χ4n) is 1.86. The number of hydrogen-bond donors (Lipinski definition) is 0. The first-order chi connectivity index (χ1) is 10.6. The number of carbonyl (C=O) groups excluding carboxylic acids is 2. The number of benzene rings is 1. The topological polar surface area (TPSA) is 59.0 Å². The molecule has 2 rings (SSSR count). The van der Waals surface area contributed by atoms with Gasteiger partial charge in [0.1, 0.15) is 5.69 Å². The van der Waals surface area contributed by atoms with Gasteiger partial charge in [0.05, 0.1) is 28.6 Å². The summed E-state index contributed by atoms with van der Waals surface area (Å²) in [5.74, 6) is -1.45. The van der Waals surface area contributed by atoms with Gasteiger partial charge in [-0.05, 0) is 19.1 Å². The fourth-order valence-corrected chi connectivity index (χ4v) is 2.51. The summed E-state index contributed by atoms with van der Waals surface area (Å²) in [4.78, 5) is 23.5. The van der Waals surface area contributed by atoms with Gasteiger partial charge in [0, 0.05) is 0 Å². The molecule has 124 valence electrons. The number of esters is 1. The third kappa shape index (κ3) is 3.59. The maximum atomic E-state index is 12.7. The lowest BCUT2D eigenvalue weighted by atomic mass is 10.2. The van der Waals surface area contributed by atoms with Gasteiger partial charge in [-0.3, -0.25) is 4.79 Å². The van der Waals surface area contributed by atoms with Gasteiger partial charge in [0.25, 0.3) is 5.91 Å². The van der Waals surface area contributed by atoms with Crippen molar-refractivity contribution in [3.63, 3.8) is 0 Å². The van der Waals surface area contributed by atoms with Crippen LogP contribution in [0.4, 0.5) is 18.9 Å². The van der Waals surface area contributed by atoms with Crippen molar-refractivity contribution >= 4 is 46.5 Å². The molecule has 1 aromatic rings. The number of amides is 1. The van der Waals surface area contributed by atoms with Crippen LogP contribution in [0.5, 0.6) is 0 Å². The predicted octanol–water partition coefficient (Wildman–Crippen LogP) is 3.67. The number of ether oxygens (including phenoxy) is 1. The van der Waals surface area contributed by atoms with E-state index in [1.165, 1.54) is 0 Å². The Morgan fingerprint density at radius 2 is 1.91 bits per heavy atom. The molecule has 0 aromatic heterocycles. The highest BCUT2D eigenvalue weighted by Gasteiger charge is 2.36. The second kappa shape index (κ2) is 6.37. The van der Waals surface area contributed by atoms with E-state index in [9.17, 15) is 22.8 Å². The van der Waals surface area contributed by atoms with Crippen molar-refractivity contribution in [1.82, 2.24) is 0 Å². The molecular formula is C13H9Cl2F3N2O3. The lowest BCUT2D eigenvalue weighted by Crippen LogP contribution is -2.21. The third-order valence-electron chi connectivity index (χ3n) is 2.84. The van der Waals surface area contributed by atoms with Gasteiger partial charge in [-0.15, -0.1) is 0 Å². The summed E-state index contributed by atoms with van der Waals surface area (Å²) >= 11 is 11.6. The second-order valence-corrected chi connectivity index (χ2v) is 5.25. The molecular weight excluding hydrogens is 360 g/mol. The molecule has 0 spiro atoms. The van der Waals surface area contributed by atoms with E-state index in [0.717, 1.165) is 0 Å². The Balaban J connectivity index is 2.42. The fraction of sp³-hybridized carbons (Fsp3) is 0.308. The van der Waals surface area contributed by atoms with Gasteiger partial charge in [0.2, 0.25) is 0 Å². The highest BCUT2D eigenvalue weighted by Crippen LogP contribution is 2.41. The first kappa shape index (κ1) is 17.6. The van der Waals surface area contributed by atoms with Crippen LogP contribution in [0.1, 0.15) is 18.9 Å². The Labute approximate surface area is 138 Å². The largest absolute Gasteiger partial charge is 0.461 e. The highest BCUT2D eigenvalue weighted by molar-refractivity contribution is 6.44. The number of anilines is 1. The Bertz CT molecular complexity index is 681. The van der Waals surface area contributed by atoms with Gasteiger partial charge < -0.3 is 4.74 Å². The highest BCUT2D eigenvalue weighted by atomic mass is 35.5. The minimum absolute atomic E-state index is 0.0911. The van der Waals surface area contributed by atoms with Crippen LogP contribution in [-0.4, -0.2) is 24.2 Å². The van der Waals surface area contributed by atoms with Crippen LogP contribution in [0.2, 0.25) is 10.0 Å². The van der Waals surface area contributed by atoms with Crippen molar-refractivity contribution in [1.29, 1.82) is 0 Å². The van der Waals surface area contributed by atoms with Crippen molar-refractivity contribution in [3.05, 3.63) is 27.7 Å². The van der Waals surface area contributed by atoms with E-state index in [1.807, 2.05) is 0 Å². The first-order valence-electron chi connectivity index (χ1n) is 6.29. The molecule has 0 saturated carbocycles. The molecule has 0 N–H and O–H groups in total. The molecule has 1 aliphatic heterocycles. The van der Waals surface area contributed by atoms with Crippen molar-refractivity contribution in [2.24, 2.45) is 5.10 Å². The molecule has 1 heterocycles. The standard InChI is InChI=1S/C13H9Cl2F3N2O3/c1-2-23-12(22)9-5-10(21)20(19-9)11-7(14)3-6(4-8(11)15)13(16,17)18/h3-4H,2,5H2,1H3. The smallest absolute Gasteiger partial charge is 0.416 e. The molecule has 0 atom stereocenters. The second-order valence-electron chi connectivity index (χ2n) is 4.44. The molecule has 5 nitrogen and oxygen atoms in total. The Kier molecular flexibility index (Phi) is 4.86. The van der Waals surface area contributed by atoms with E-state index in [2.05, 4.69) is 5.10 Å². The average molecular weight is 369 g/mol. The number of nitrogens with zero attached hydrogens (tertiary/aromatic N) is 2. The molecule has 0 saturated heterocycles. The summed E-state index contributed by atoms with van der Waals surface area (Å²) in [6, 6.07) is 1.27. The zero-order valence-corrected chi connectivity index (χ0v) is 13.1. The van der Waals surface area contributed by atoms with Crippen LogP contribution in [0.15, 0.2) is 17.2 Å². The molecule has 23 heavy (non-hydrogen) atoms. The summed E-state index contributed by atoms with van der Waals surface area (Å²) in [7, 11) is 0. The van der Waals surface area contributed by atoms with Gasteiger partial charge in [-0.25, -0.2) is 4.79 Å². The molecule has 1 aliphatic rings. The van der Waals surface area contributed by atoms with Gasteiger partial charge >= 0.3 is 12.1 Å². The number of hydrogen-bond acceptors (Lipinski definition) is 4. The predicted molar refractivity (Wildman–Crippen MR) is 77.6 cm³/mol. The molecule has 0 radical (unpaired) electrons. The minimum atomic E-state index is -4.64. The van der Waals surface area contributed by atoms with Gasteiger partial charge in [0.15, 0.2) is 5.71 Å². The van der Waals surface area contributed by atoms with E-state index in [-0.39, 0.29) is 24.4 Å². The number of hydrazone groups is 1. The SMILES string of the molecule is CCOC(=O)C1=NN(c2c(Cl)cc(C(F)(F)F)cc2Cl)C(=O)C1.